The molecule has 18 heavy (non-hydrogen) atoms. The summed E-state index contributed by atoms with van der Waals surface area (Å²) in [5.74, 6) is -0.227. The number of hydrogen-bond donors (Lipinski definition) is 1. The average Bonchev–Trinajstić information content (AvgIpc) is 2.77. The van der Waals surface area contributed by atoms with E-state index < -0.39 is 0 Å². The average molecular weight is 272 g/mol. The Morgan fingerprint density at radius 2 is 2.28 bits per heavy atom. The van der Waals surface area contributed by atoms with Gasteiger partial charge >= 0.3 is 0 Å². The van der Waals surface area contributed by atoms with E-state index in [0.717, 1.165) is 32.2 Å². The van der Waals surface area contributed by atoms with E-state index >= 15 is 0 Å². The summed E-state index contributed by atoms with van der Waals surface area (Å²) in [6, 6.07) is 5.35. The third kappa shape index (κ3) is 3.44. The van der Waals surface area contributed by atoms with Crippen LogP contribution in [0.25, 0.3) is 0 Å². The van der Waals surface area contributed by atoms with Crippen molar-refractivity contribution in [1.82, 2.24) is 4.90 Å². The molecule has 1 aromatic rings. The quantitative estimate of drug-likeness (QED) is 0.889. The van der Waals surface area contributed by atoms with E-state index in [2.05, 4.69) is 4.90 Å². The van der Waals surface area contributed by atoms with Crippen LogP contribution in [0.15, 0.2) is 18.2 Å². The Morgan fingerprint density at radius 3 is 3.00 bits per heavy atom. The molecule has 1 aromatic carbocycles. The molecule has 2 nitrogen and oxygen atoms in total. The third-order valence-corrected chi connectivity index (χ3v) is 3.82. The van der Waals surface area contributed by atoms with Gasteiger partial charge in [0, 0.05) is 29.8 Å². The predicted octanol–water partition coefficient (Wildman–Crippen LogP) is 3.22. The monoisotopic (exact) mass is 271 g/mol. The minimum Gasteiger partial charge on any atom is -0.396 e. The molecule has 0 saturated carbocycles. The smallest absolute Gasteiger partial charge is 0.129 e. The lowest BCUT2D eigenvalue weighted by atomic mass is 10.1. The van der Waals surface area contributed by atoms with Gasteiger partial charge < -0.3 is 5.11 Å². The van der Waals surface area contributed by atoms with Crippen molar-refractivity contribution in [3.05, 3.63) is 34.6 Å². The Balaban J connectivity index is 1.99. The molecule has 0 bridgehead atoms. The Kier molecular flexibility index (Phi) is 4.98. The summed E-state index contributed by atoms with van der Waals surface area (Å²) in [4.78, 5) is 2.31. The largest absolute Gasteiger partial charge is 0.396 e. The number of hydrogen-bond acceptors (Lipinski definition) is 2. The second-order valence-corrected chi connectivity index (χ2v) is 5.30. The number of aliphatic hydroxyl groups excluding tert-OH is 1. The van der Waals surface area contributed by atoms with Crippen LogP contribution in [-0.4, -0.2) is 29.2 Å². The molecule has 1 aliphatic heterocycles. The van der Waals surface area contributed by atoms with Crippen LogP contribution >= 0.6 is 11.6 Å². The van der Waals surface area contributed by atoms with Gasteiger partial charge in [0.05, 0.1) is 0 Å². The molecule has 0 aromatic heterocycles. The molecule has 0 spiro atoms. The first kappa shape index (κ1) is 13.8. The van der Waals surface area contributed by atoms with Crippen molar-refractivity contribution in [3.8, 4) is 0 Å². The molecule has 1 saturated heterocycles. The number of aliphatic hydroxyl groups is 1. The lowest BCUT2D eigenvalue weighted by Gasteiger charge is -2.24. The van der Waals surface area contributed by atoms with Crippen molar-refractivity contribution in [2.45, 2.75) is 38.3 Å². The zero-order chi connectivity index (χ0) is 13.0. The summed E-state index contributed by atoms with van der Waals surface area (Å²) >= 11 is 5.75. The fourth-order valence-corrected chi connectivity index (χ4v) is 2.78. The van der Waals surface area contributed by atoms with Gasteiger partial charge in [0.25, 0.3) is 0 Å². The SMILES string of the molecule is OCCCC1CCCN1Cc1ccc(Cl)cc1F. The molecule has 0 radical (unpaired) electrons. The van der Waals surface area contributed by atoms with Crippen LogP contribution in [0.4, 0.5) is 4.39 Å². The van der Waals surface area contributed by atoms with E-state index in [1.54, 1.807) is 12.1 Å². The molecule has 1 atom stereocenters. The summed E-state index contributed by atoms with van der Waals surface area (Å²) < 4.78 is 13.7. The highest BCUT2D eigenvalue weighted by molar-refractivity contribution is 6.30. The predicted molar refractivity (Wildman–Crippen MR) is 71.2 cm³/mol. The zero-order valence-electron chi connectivity index (χ0n) is 10.4. The minimum atomic E-state index is -0.227. The summed E-state index contributed by atoms with van der Waals surface area (Å²) in [6.45, 7) is 1.89. The van der Waals surface area contributed by atoms with E-state index in [1.807, 2.05) is 0 Å². The van der Waals surface area contributed by atoms with Crippen LogP contribution in [0, 0.1) is 5.82 Å². The second kappa shape index (κ2) is 6.50. The number of halogens is 2. The highest BCUT2D eigenvalue weighted by atomic mass is 35.5. The first-order chi connectivity index (χ1) is 8.70. The fourth-order valence-electron chi connectivity index (χ4n) is 2.63. The van der Waals surface area contributed by atoms with Crippen LogP contribution in [0.1, 0.15) is 31.2 Å². The van der Waals surface area contributed by atoms with Crippen molar-refractivity contribution >= 4 is 11.6 Å². The lowest BCUT2D eigenvalue weighted by Crippen LogP contribution is -2.29. The number of rotatable bonds is 5. The third-order valence-electron chi connectivity index (χ3n) is 3.58. The Bertz CT molecular complexity index is 399. The van der Waals surface area contributed by atoms with Crippen LogP contribution < -0.4 is 0 Å². The summed E-state index contributed by atoms with van der Waals surface area (Å²) in [7, 11) is 0. The van der Waals surface area contributed by atoms with Crippen molar-refractivity contribution in [3.63, 3.8) is 0 Å². The summed E-state index contributed by atoms with van der Waals surface area (Å²) in [5.41, 5.74) is 0.704. The maximum absolute atomic E-state index is 13.7. The standard InChI is InChI=1S/C14H19ClFNO/c15-12-6-5-11(14(16)9-12)10-17-7-1-3-13(17)4-2-8-18/h5-6,9,13,18H,1-4,7-8,10H2. The molecule has 1 unspecified atom stereocenters. The number of nitrogens with zero attached hydrogens (tertiary/aromatic N) is 1. The van der Waals surface area contributed by atoms with Crippen molar-refractivity contribution in [2.75, 3.05) is 13.2 Å². The van der Waals surface area contributed by atoms with Gasteiger partial charge in [-0.25, -0.2) is 4.39 Å². The highest BCUT2D eigenvalue weighted by Crippen LogP contribution is 2.25. The van der Waals surface area contributed by atoms with Crippen molar-refractivity contribution in [2.24, 2.45) is 0 Å². The molecule has 1 aliphatic rings. The fraction of sp³-hybridized carbons (Fsp3) is 0.571. The van der Waals surface area contributed by atoms with Gasteiger partial charge in [-0.15, -0.1) is 0 Å². The normalized spacial score (nSPS) is 20.5. The van der Waals surface area contributed by atoms with Crippen LogP contribution in [-0.2, 0) is 6.54 Å². The van der Waals surface area contributed by atoms with Gasteiger partial charge in [-0.2, -0.15) is 0 Å². The Morgan fingerprint density at radius 1 is 1.44 bits per heavy atom. The van der Waals surface area contributed by atoms with Crippen molar-refractivity contribution in [1.29, 1.82) is 0 Å². The van der Waals surface area contributed by atoms with Crippen LogP contribution in [0.3, 0.4) is 0 Å². The maximum atomic E-state index is 13.7. The van der Waals surface area contributed by atoms with Gasteiger partial charge in [0.15, 0.2) is 0 Å². The van der Waals surface area contributed by atoms with E-state index in [1.165, 1.54) is 6.07 Å². The molecule has 0 amide bonds. The minimum absolute atomic E-state index is 0.227. The molecule has 4 heteroatoms. The molecule has 1 N–H and O–H groups in total. The van der Waals surface area contributed by atoms with Gasteiger partial charge in [0.2, 0.25) is 0 Å². The maximum Gasteiger partial charge on any atom is 0.129 e. The van der Waals surface area contributed by atoms with E-state index in [0.29, 0.717) is 23.2 Å². The van der Waals surface area contributed by atoms with Gasteiger partial charge in [-0.3, -0.25) is 4.90 Å². The molecular formula is C14H19ClFNO. The van der Waals surface area contributed by atoms with E-state index in [-0.39, 0.29) is 12.4 Å². The number of likely N-dealkylation sites (tertiary alicyclic amines) is 1. The molecule has 100 valence electrons. The Hall–Kier alpha value is -0.640. The molecule has 1 fully saturated rings. The molecular weight excluding hydrogens is 253 g/mol. The van der Waals surface area contributed by atoms with Crippen LogP contribution in [0.5, 0.6) is 0 Å². The van der Waals surface area contributed by atoms with Crippen molar-refractivity contribution < 1.29 is 9.50 Å². The molecule has 2 rings (SSSR count). The van der Waals surface area contributed by atoms with Gasteiger partial charge in [-0.1, -0.05) is 17.7 Å². The van der Waals surface area contributed by atoms with E-state index in [4.69, 9.17) is 16.7 Å². The van der Waals surface area contributed by atoms with Gasteiger partial charge in [-0.05, 0) is 44.4 Å². The number of benzene rings is 1. The van der Waals surface area contributed by atoms with E-state index in [9.17, 15) is 4.39 Å². The summed E-state index contributed by atoms with van der Waals surface area (Å²) in [6.07, 6.45) is 4.12. The first-order valence-electron chi connectivity index (χ1n) is 6.49. The van der Waals surface area contributed by atoms with Crippen LogP contribution in [0.2, 0.25) is 5.02 Å². The Labute approximate surface area is 112 Å². The zero-order valence-corrected chi connectivity index (χ0v) is 11.2. The molecule has 0 aliphatic carbocycles. The lowest BCUT2D eigenvalue weighted by molar-refractivity contribution is 0.208. The highest BCUT2D eigenvalue weighted by Gasteiger charge is 2.24. The first-order valence-corrected chi connectivity index (χ1v) is 6.87. The molecule has 1 heterocycles. The topological polar surface area (TPSA) is 23.5 Å². The van der Waals surface area contributed by atoms with Gasteiger partial charge in [0.1, 0.15) is 5.82 Å². The second-order valence-electron chi connectivity index (χ2n) is 4.87. The summed E-state index contributed by atoms with van der Waals surface area (Å²) in [5, 5.41) is 9.32.